The molecule has 0 spiro atoms. The first-order chi connectivity index (χ1) is 11.3. The van der Waals surface area contributed by atoms with Crippen molar-refractivity contribution < 1.29 is 17.6 Å². The van der Waals surface area contributed by atoms with Gasteiger partial charge >= 0.3 is 0 Å². The molecule has 0 aliphatic heterocycles. The number of amides is 1. The number of carbonyl (C=O) groups is 1. The van der Waals surface area contributed by atoms with E-state index in [1.807, 2.05) is 30.3 Å². The third kappa shape index (κ3) is 4.64. The van der Waals surface area contributed by atoms with Gasteiger partial charge in [-0.2, -0.15) is 0 Å². The van der Waals surface area contributed by atoms with Gasteiger partial charge < -0.3 is 5.32 Å². The molecule has 4 nitrogen and oxygen atoms in total. The Kier molecular flexibility index (Phi) is 5.72. The number of benzene rings is 2. The molecule has 6 heteroatoms. The van der Waals surface area contributed by atoms with Gasteiger partial charge in [0.2, 0.25) is 5.91 Å². The van der Waals surface area contributed by atoms with Crippen molar-refractivity contribution in [1.29, 1.82) is 0 Å². The highest BCUT2D eigenvalue weighted by Crippen LogP contribution is 2.15. The quantitative estimate of drug-likeness (QED) is 0.872. The van der Waals surface area contributed by atoms with Crippen LogP contribution in [0.4, 0.5) is 4.39 Å². The maximum atomic E-state index is 13.2. The second-order valence-electron chi connectivity index (χ2n) is 5.72. The average Bonchev–Trinajstić information content (AvgIpc) is 2.54. The van der Waals surface area contributed by atoms with E-state index in [4.69, 9.17) is 0 Å². The molecule has 2 aromatic rings. The Morgan fingerprint density at radius 2 is 1.75 bits per heavy atom. The molecular weight excluding hydrogens is 329 g/mol. The molecule has 0 fully saturated rings. The maximum absolute atomic E-state index is 13.2. The van der Waals surface area contributed by atoms with Gasteiger partial charge in [0.25, 0.3) is 0 Å². The first kappa shape index (κ1) is 18.1. The van der Waals surface area contributed by atoms with Gasteiger partial charge in [-0.3, -0.25) is 4.79 Å². The van der Waals surface area contributed by atoms with Crippen LogP contribution in [0.25, 0.3) is 0 Å². The molecule has 0 aliphatic rings. The Morgan fingerprint density at radius 3 is 2.38 bits per heavy atom. The van der Waals surface area contributed by atoms with Crippen molar-refractivity contribution in [2.75, 3.05) is 0 Å². The van der Waals surface area contributed by atoms with E-state index >= 15 is 0 Å². The van der Waals surface area contributed by atoms with Gasteiger partial charge in [-0.1, -0.05) is 42.5 Å². The Morgan fingerprint density at radius 1 is 1.08 bits per heavy atom. The highest BCUT2D eigenvalue weighted by Gasteiger charge is 2.29. The zero-order valence-electron chi connectivity index (χ0n) is 13.6. The van der Waals surface area contributed by atoms with Crippen LogP contribution in [0.15, 0.2) is 54.6 Å². The van der Waals surface area contributed by atoms with Crippen LogP contribution < -0.4 is 5.32 Å². The van der Waals surface area contributed by atoms with Crippen LogP contribution >= 0.6 is 0 Å². The van der Waals surface area contributed by atoms with E-state index in [1.165, 1.54) is 25.1 Å². The molecule has 0 aliphatic carbocycles. The summed E-state index contributed by atoms with van der Waals surface area (Å²) in [5.41, 5.74) is 1.21. The number of hydrogen-bond donors (Lipinski definition) is 1. The minimum absolute atomic E-state index is 0.300. The smallest absolute Gasteiger partial charge is 0.238 e. The van der Waals surface area contributed by atoms with E-state index in [9.17, 15) is 17.6 Å². The fraction of sp³-hybridized carbons (Fsp3) is 0.278. The Hall–Kier alpha value is -2.21. The largest absolute Gasteiger partial charge is 0.348 e. The minimum Gasteiger partial charge on any atom is -0.348 e. The predicted molar refractivity (Wildman–Crippen MR) is 91.5 cm³/mol. The topological polar surface area (TPSA) is 63.2 Å². The lowest BCUT2D eigenvalue weighted by molar-refractivity contribution is -0.121. The molecule has 0 aromatic heterocycles. The molecule has 0 bridgehead atoms. The minimum atomic E-state index is -3.74. The van der Waals surface area contributed by atoms with E-state index in [1.54, 1.807) is 6.92 Å². The summed E-state index contributed by atoms with van der Waals surface area (Å²) in [5, 5.41) is 1.49. The molecule has 2 unspecified atom stereocenters. The third-order valence-corrected chi connectivity index (χ3v) is 5.85. The fourth-order valence-corrected chi connectivity index (χ4v) is 3.59. The number of hydrogen-bond acceptors (Lipinski definition) is 3. The SMILES string of the molecule is CC(NC(=O)C(C)S(=O)(=O)Cc1cccc(F)c1)c1ccccc1. The van der Waals surface area contributed by atoms with Gasteiger partial charge in [-0.25, -0.2) is 12.8 Å². The van der Waals surface area contributed by atoms with Crippen LogP contribution in [0, 0.1) is 5.82 Å². The zero-order chi connectivity index (χ0) is 17.7. The highest BCUT2D eigenvalue weighted by atomic mass is 32.2. The molecule has 1 amide bonds. The van der Waals surface area contributed by atoms with Crippen molar-refractivity contribution in [1.82, 2.24) is 5.32 Å². The first-order valence-electron chi connectivity index (χ1n) is 7.61. The van der Waals surface area contributed by atoms with Crippen molar-refractivity contribution in [3.8, 4) is 0 Å². The van der Waals surface area contributed by atoms with E-state index in [0.717, 1.165) is 11.6 Å². The third-order valence-electron chi connectivity index (χ3n) is 3.82. The Balaban J connectivity index is 2.06. The molecule has 0 heterocycles. The normalized spacial score (nSPS) is 14.0. The predicted octanol–water partition coefficient (Wildman–Crippen LogP) is 3.01. The molecule has 1 N–H and O–H groups in total. The molecule has 2 aromatic carbocycles. The molecule has 2 rings (SSSR count). The van der Waals surface area contributed by atoms with Gasteiger partial charge in [-0.15, -0.1) is 0 Å². The standard InChI is InChI=1S/C18H20FNO3S/c1-13(16-8-4-3-5-9-16)20-18(21)14(2)24(22,23)12-15-7-6-10-17(19)11-15/h3-11,13-14H,12H2,1-2H3,(H,20,21). The lowest BCUT2D eigenvalue weighted by Crippen LogP contribution is -2.39. The van der Waals surface area contributed by atoms with Gasteiger partial charge in [0.05, 0.1) is 11.8 Å². The summed E-state index contributed by atoms with van der Waals surface area (Å²) in [7, 11) is -3.74. The molecule has 2 atom stereocenters. The number of nitrogens with one attached hydrogen (secondary N) is 1. The van der Waals surface area contributed by atoms with E-state index in [-0.39, 0.29) is 11.8 Å². The summed E-state index contributed by atoms with van der Waals surface area (Å²) < 4.78 is 38.0. The van der Waals surface area contributed by atoms with Crippen molar-refractivity contribution in [3.63, 3.8) is 0 Å². The molecular formula is C18H20FNO3S. The van der Waals surface area contributed by atoms with Gasteiger partial charge in [0.15, 0.2) is 9.84 Å². The summed E-state index contributed by atoms with van der Waals surface area (Å²) in [6.07, 6.45) is 0. The monoisotopic (exact) mass is 349 g/mol. The van der Waals surface area contributed by atoms with Crippen LogP contribution in [0.3, 0.4) is 0 Å². The second kappa shape index (κ2) is 7.57. The second-order valence-corrected chi connectivity index (χ2v) is 8.04. The Labute approximate surface area is 141 Å². The van der Waals surface area contributed by atoms with Crippen molar-refractivity contribution in [3.05, 3.63) is 71.5 Å². The maximum Gasteiger partial charge on any atom is 0.238 e. The zero-order valence-corrected chi connectivity index (χ0v) is 14.4. The van der Waals surface area contributed by atoms with Crippen LogP contribution in [-0.2, 0) is 20.4 Å². The number of halogens is 1. The number of sulfone groups is 1. The molecule has 24 heavy (non-hydrogen) atoms. The van der Waals surface area contributed by atoms with Crippen molar-refractivity contribution in [2.45, 2.75) is 30.9 Å². The van der Waals surface area contributed by atoms with Crippen LogP contribution in [0.5, 0.6) is 0 Å². The highest BCUT2D eigenvalue weighted by molar-refractivity contribution is 7.92. The van der Waals surface area contributed by atoms with E-state index in [0.29, 0.717) is 5.56 Å². The Bertz CT molecular complexity index is 806. The van der Waals surface area contributed by atoms with Crippen LogP contribution in [0.2, 0.25) is 0 Å². The van der Waals surface area contributed by atoms with Crippen molar-refractivity contribution in [2.24, 2.45) is 0 Å². The van der Waals surface area contributed by atoms with Crippen LogP contribution in [-0.4, -0.2) is 19.6 Å². The fourth-order valence-electron chi connectivity index (χ4n) is 2.30. The van der Waals surface area contributed by atoms with E-state index < -0.39 is 26.8 Å². The number of rotatable bonds is 6. The lowest BCUT2D eigenvalue weighted by atomic mass is 10.1. The molecule has 0 saturated carbocycles. The first-order valence-corrected chi connectivity index (χ1v) is 9.32. The molecule has 128 valence electrons. The number of carbonyl (C=O) groups excluding carboxylic acids is 1. The summed E-state index contributed by atoms with van der Waals surface area (Å²) in [5.74, 6) is -1.45. The summed E-state index contributed by atoms with van der Waals surface area (Å²) in [6, 6.07) is 14.4. The van der Waals surface area contributed by atoms with Crippen molar-refractivity contribution >= 4 is 15.7 Å². The lowest BCUT2D eigenvalue weighted by Gasteiger charge is -2.18. The van der Waals surface area contributed by atoms with Gasteiger partial charge in [0.1, 0.15) is 11.1 Å². The summed E-state index contributed by atoms with van der Waals surface area (Å²) in [6.45, 7) is 3.14. The van der Waals surface area contributed by atoms with Gasteiger partial charge in [0, 0.05) is 0 Å². The molecule has 0 radical (unpaired) electrons. The average molecular weight is 349 g/mol. The van der Waals surface area contributed by atoms with Gasteiger partial charge in [-0.05, 0) is 37.1 Å². The van der Waals surface area contributed by atoms with E-state index in [2.05, 4.69) is 5.32 Å². The summed E-state index contributed by atoms with van der Waals surface area (Å²) >= 11 is 0. The van der Waals surface area contributed by atoms with Crippen LogP contribution in [0.1, 0.15) is 31.0 Å². The summed E-state index contributed by atoms with van der Waals surface area (Å²) in [4.78, 5) is 12.3. The molecule has 0 saturated heterocycles.